The molecule has 1 heterocycles. The highest BCUT2D eigenvalue weighted by Crippen LogP contribution is 2.40. The molecule has 0 aliphatic heterocycles. The Morgan fingerprint density at radius 1 is 1.75 bits per heavy atom. The van der Waals surface area contributed by atoms with Crippen LogP contribution < -0.4 is 0 Å². The van der Waals surface area contributed by atoms with Crippen LogP contribution in [0, 0.1) is 24.2 Å². The summed E-state index contributed by atoms with van der Waals surface area (Å²) >= 11 is 1.49. The average Bonchev–Trinajstić information content (AvgIpc) is 2.68. The van der Waals surface area contributed by atoms with Crippen molar-refractivity contribution >= 4 is 17.1 Å². The Hall–Kier alpha value is -1.07. The second kappa shape index (κ2) is 2.76. The highest BCUT2D eigenvalue weighted by Gasteiger charge is 2.42. The van der Waals surface area contributed by atoms with Crippen molar-refractivity contribution in [2.24, 2.45) is 11.8 Å². The predicted molar refractivity (Wildman–Crippen MR) is 49.1 cm³/mol. The molecule has 0 saturated heterocycles. The zero-order valence-corrected chi connectivity index (χ0v) is 7.30. The minimum Gasteiger partial charge on any atom is -0.293 e. The van der Waals surface area contributed by atoms with Crippen LogP contribution in [0.15, 0.2) is 17.5 Å². The number of hydrogen-bond donors (Lipinski definition) is 0. The van der Waals surface area contributed by atoms with Crippen LogP contribution in [0.2, 0.25) is 0 Å². The number of thiophene rings is 1. The highest BCUT2D eigenvalue weighted by atomic mass is 32.1. The zero-order valence-electron chi connectivity index (χ0n) is 6.49. The summed E-state index contributed by atoms with van der Waals surface area (Å²) < 4.78 is 0. The molecule has 2 rings (SSSR count). The van der Waals surface area contributed by atoms with E-state index in [4.69, 9.17) is 6.42 Å². The van der Waals surface area contributed by atoms with Crippen molar-refractivity contribution in [3.8, 4) is 12.3 Å². The fourth-order valence-electron chi connectivity index (χ4n) is 1.27. The summed E-state index contributed by atoms with van der Waals surface area (Å²) in [5.41, 5.74) is 0. The summed E-state index contributed by atoms with van der Waals surface area (Å²) in [4.78, 5) is 12.4. The molecule has 1 aromatic rings. The molecule has 0 unspecified atom stereocenters. The SMILES string of the molecule is C#C[C@H]1C[C@H]1C(=O)c1cccs1. The van der Waals surface area contributed by atoms with E-state index in [0.29, 0.717) is 0 Å². The van der Waals surface area contributed by atoms with Gasteiger partial charge in [-0.05, 0) is 17.9 Å². The van der Waals surface area contributed by atoms with Crippen molar-refractivity contribution < 1.29 is 4.79 Å². The average molecular weight is 176 g/mol. The van der Waals surface area contributed by atoms with Crippen LogP contribution in [-0.4, -0.2) is 5.78 Å². The van der Waals surface area contributed by atoms with E-state index >= 15 is 0 Å². The van der Waals surface area contributed by atoms with Gasteiger partial charge >= 0.3 is 0 Å². The zero-order chi connectivity index (χ0) is 8.55. The molecule has 1 aliphatic carbocycles. The Morgan fingerprint density at radius 3 is 3.08 bits per heavy atom. The minimum atomic E-state index is 0.119. The van der Waals surface area contributed by atoms with Crippen LogP contribution in [0.3, 0.4) is 0 Å². The van der Waals surface area contributed by atoms with Crippen molar-refractivity contribution in [1.29, 1.82) is 0 Å². The molecule has 0 amide bonds. The van der Waals surface area contributed by atoms with E-state index in [1.165, 1.54) is 11.3 Å². The lowest BCUT2D eigenvalue weighted by atomic mass is 10.2. The fourth-order valence-corrected chi connectivity index (χ4v) is 2.00. The summed E-state index contributed by atoms with van der Waals surface area (Å²) in [7, 11) is 0. The van der Waals surface area contributed by atoms with Gasteiger partial charge in [-0.1, -0.05) is 6.07 Å². The van der Waals surface area contributed by atoms with Gasteiger partial charge in [-0.25, -0.2) is 0 Å². The number of carbonyl (C=O) groups excluding carboxylic acids is 1. The number of rotatable bonds is 2. The molecule has 1 aromatic heterocycles. The third-order valence-corrected chi connectivity index (χ3v) is 2.99. The summed E-state index contributed by atoms with van der Waals surface area (Å²) in [5, 5.41) is 1.92. The molecular weight excluding hydrogens is 168 g/mol. The summed E-state index contributed by atoms with van der Waals surface area (Å²) in [6, 6.07) is 3.75. The van der Waals surface area contributed by atoms with Crippen LogP contribution in [0.1, 0.15) is 16.1 Å². The van der Waals surface area contributed by atoms with E-state index in [2.05, 4.69) is 5.92 Å². The van der Waals surface area contributed by atoms with Crippen molar-refractivity contribution in [2.45, 2.75) is 6.42 Å². The molecule has 0 aromatic carbocycles. The molecule has 0 radical (unpaired) electrons. The summed E-state index contributed by atoms with van der Waals surface area (Å²) in [6.45, 7) is 0. The van der Waals surface area contributed by atoms with E-state index < -0.39 is 0 Å². The number of terminal acetylenes is 1. The number of ketones is 1. The molecule has 0 N–H and O–H groups in total. The maximum Gasteiger partial charge on any atom is 0.177 e. The quantitative estimate of drug-likeness (QED) is 0.498. The topological polar surface area (TPSA) is 17.1 Å². The van der Waals surface area contributed by atoms with E-state index in [0.717, 1.165) is 11.3 Å². The molecule has 60 valence electrons. The van der Waals surface area contributed by atoms with Gasteiger partial charge in [-0.15, -0.1) is 23.7 Å². The number of carbonyl (C=O) groups is 1. The second-order valence-electron chi connectivity index (χ2n) is 2.96. The number of Topliss-reactive ketones (excluding diaryl/α,β-unsaturated/α-hetero) is 1. The van der Waals surface area contributed by atoms with Crippen LogP contribution in [-0.2, 0) is 0 Å². The van der Waals surface area contributed by atoms with Gasteiger partial charge in [0.25, 0.3) is 0 Å². The molecule has 1 saturated carbocycles. The van der Waals surface area contributed by atoms with E-state index in [9.17, 15) is 4.79 Å². The van der Waals surface area contributed by atoms with Gasteiger partial charge in [0.05, 0.1) is 4.88 Å². The lowest BCUT2D eigenvalue weighted by Gasteiger charge is -1.90. The van der Waals surface area contributed by atoms with Crippen LogP contribution >= 0.6 is 11.3 Å². The predicted octanol–water partition coefficient (Wildman–Crippen LogP) is 2.20. The van der Waals surface area contributed by atoms with Crippen LogP contribution in [0.5, 0.6) is 0 Å². The third kappa shape index (κ3) is 1.17. The monoisotopic (exact) mass is 176 g/mol. The number of hydrogen-bond acceptors (Lipinski definition) is 2. The van der Waals surface area contributed by atoms with Crippen LogP contribution in [0.25, 0.3) is 0 Å². The van der Waals surface area contributed by atoms with Gasteiger partial charge in [0, 0.05) is 11.8 Å². The molecule has 12 heavy (non-hydrogen) atoms. The third-order valence-electron chi connectivity index (χ3n) is 2.11. The molecule has 0 bridgehead atoms. The van der Waals surface area contributed by atoms with Crippen molar-refractivity contribution in [3.05, 3.63) is 22.4 Å². The van der Waals surface area contributed by atoms with Gasteiger partial charge in [0.2, 0.25) is 0 Å². The largest absolute Gasteiger partial charge is 0.293 e. The second-order valence-corrected chi connectivity index (χ2v) is 3.90. The van der Waals surface area contributed by atoms with Crippen molar-refractivity contribution in [3.63, 3.8) is 0 Å². The lowest BCUT2D eigenvalue weighted by molar-refractivity contribution is 0.0968. The Balaban J connectivity index is 2.10. The lowest BCUT2D eigenvalue weighted by Crippen LogP contribution is -1.99. The van der Waals surface area contributed by atoms with Gasteiger partial charge < -0.3 is 0 Å². The molecule has 2 heteroatoms. The Morgan fingerprint density at radius 2 is 2.58 bits per heavy atom. The maximum absolute atomic E-state index is 11.6. The van der Waals surface area contributed by atoms with Gasteiger partial charge in [-0.3, -0.25) is 4.79 Å². The first-order valence-electron chi connectivity index (χ1n) is 3.87. The Kier molecular flexibility index (Phi) is 1.74. The first kappa shape index (κ1) is 7.57. The van der Waals surface area contributed by atoms with Gasteiger partial charge in [0.15, 0.2) is 5.78 Å². The molecule has 1 fully saturated rings. The van der Waals surface area contributed by atoms with E-state index in [1.54, 1.807) is 0 Å². The fraction of sp³-hybridized carbons (Fsp3) is 0.300. The van der Waals surface area contributed by atoms with Crippen molar-refractivity contribution in [2.75, 3.05) is 0 Å². The molecular formula is C10H8OS. The van der Waals surface area contributed by atoms with Gasteiger partial charge in [-0.2, -0.15) is 0 Å². The molecule has 1 aliphatic rings. The summed E-state index contributed by atoms with van der Waals surface area (Å²) in [6.07, 6.45) is 6.10. The van der Waals surface area contributed by atoms with E-state index in [1.807, 2.05) is 17.5 Å². The first-order chi connectivity index (χ1) is 5.83. The highest BCUT2D eigenvalue weighted by molar-refractivity contribution is 7.12. The van der Waals surface area contributed by atoms with E-state index in [-0.39, 0.29) is 17.6 Å². The normalized spacial score (nSPS) is 26.2. The van der Waals surface area contributed by atoms with Gasteiger partial charge in [0.1, 0.15) is 0 Å². The first-order valence-corrected chi connectivity index (χ1v) is 4.74. The smallest absolute Gasteiger partial charge is 0.177 e. The van der Waals surface area contributed by atoms with Crippen molar-refractivity contribution in [1.82, 2.24) is 0 Å². The standard InChI is InChI=1S/C10H8OS/c1-2-7-6-8(7)10(11)9-4-3-5-12-9/h1,3-5,7-8H,6H2/t7-,8+/m0/s1. The Labute approximate surface area is 75.4 Å². The molecule has 1 nitrogen and oxygen atoms in total. The Bertz CT molecular complexity index is 331. The molecule has 0 spiro atoms. The maximum atomic E-state index is 11.6. The summed E-state index contributed by atoms with van der Waals surface area (Å²) in [5.74, 6) is 3.17. The van der Waals surface area contributed by atoms with Crippen LogP contribution in [0.4, 0.5) is 0 Å². The molecule has 2 atom stereocenters. The minimum absolute atomic E-state index is 0.119.